The first-order valence-corrected chi connectivity index (χ1v) is 6.35. The second-order valence-electron chi connectivity index (χ2n) is 6.02. The Morgan fingerprint density at radius 2 is 1.94 bits per heavy atom. The van der Waals surface area contributed by atoms with Crippen LogP contribution in [0.25, 0.3) is 0 Å². The summed E-state index contributed by atoms with van der Waals surface area (Å²) in [6, 6.07) is 8.74. The molecule has 2 heteroatoms. The maximum atomic E-state index is 5.78. The zero-order chi connectivity index (χ0) is 13.1. The minimum Gasteiger partial charge on any atom is -0.399 e. The number of benzene rings is 1. The molecule has 0 amide bonds. The van der Waals surface area contributed by atoms with E-state index >= 15 is 0 Å². The van der Waals surface area contributed by atoms with Crippen molar-refractivity contribution in [3.63, 3.8) is 0 Å². The minimum atomic E-state index is 0.324. The van der Waals surface area contributed by atoms with Gasteiger partial charge in [0.2, 0.25) is 0 Å². The lowest BCUT2D eigenvalue weighted by molar-refractivity contribution is 0.142. The van der Waals surface area contributed by atoms with Crippen LogP contribution in [-0.2, 0) is 6.42 Å². The highest BCUT2D eigenvalue weighted by Gasteiger charge is 2.23. The maximum absolute atomic E-state index is 5.78. The van der Waals surface area contributed by atoms with Crippen molar-refractivity contribution in [2.24, 2.45) is 5.41 Å². The topological polar surface area (TPSA) is 29.3 Å². The molecule has 1 aromatic carbocycles. The first kappa shape index (κ1) is 14.0. The molecule has 0 aliphatic rings. The molecule has 2 N–H and O–H groups in total. The Labute approximate surface area is 106 Å². The van der Waals surface area contributed by atoms with Crippen molar-refractivity contribution in [1.29, 1.82) is 0 Å². The van der Waals surface area contributed by atoms with Gasteiger partial charge in [-0.3, -0.25) is 0 Å². The van der Waals surface area contributed by atoms with E-state index in [-0.39, 0.29) is 0 Å². The van der Waals surface area contributed by atoms with Crippen LogP contribution in [0.2, 0.25) is 0 Å². The van der Waals surface area contributed by atoms with Crippen LogP contribution in [0, 0.1) is 5.41 Å². The Morgan fingerprint density at radius 3 is 2.47 bits per heavy atom. The van der Waals surface area contributed by atoms with E-state index < -0.39 is 0 Å². The van der Waals surface area contributed by atoms with Crippen LogP contribution < -0.4 is 5.73 Å². The molecule has 0 saturated heterocycles. The van der Waals surface area contributed by atoms with Gasteiger partial charge >= 0.3 is 0 Å². The number of hydrogen-bond acceptors (Lipinski definition) is 2. The smallest absolute Gasteiger partial charge is 0.0316 e. The summed E-state index contributed by atoms with van der Waals surface area (Å²) < 4.78 is 0. The number of nitrogens with zero attached hydrogens (tertiary/aromatic N) is 1. The molecule has 0 fully saturated rings. The van der Waals surface area contributed by atoms with E-state index in [9.17, 15) is 0 Å². The van der Waals surface area contributed by atoms with E-state index in [1.54, 1.807) is 0 Å². The lowest BCUT2D eigenvalue weighted by Gasteiger charge is -2.35. The summed E-state index contributed by atoms with van der Waals surface area (Å²) in [7, 11) is 2.20. The lowest BCUT2D eigenvalue weighted by atomic mass is 9.87. The molecule has 0 aliphatic heterocycles. The van der Waals surface area contributed by atoms with Crippen molar-refractivity contribution < 1.29 is 0 Å². The largest absolute Gasteiger partial charge is 0.399 e. The molecule has 1 aromatic rings. The molecular formula is C15H26N2. The maximum Gasteiger partial charge on any atom is 0.0316 e. The van der Waals surface area contributed by atoms with E-state index in [1.807, 2.05) is 12.1 Å². The molecule has 96 valence electrons. The number of hydrogen-bond donors (Lipinski definition) is 1. The number of anilines is 1. The normalized spacial score (nSPS) is 14.0. The summed E-state index contributed by atoms with van der Waals surface area (Å²) in [6.07, 6.45) is 1.06. The summed E-state index contributed by atoms with van der Waals surface area (Å²) in [5, 5.41) is 0. The quantitative estimate of drug-likeness (QED) is 0.811. The zero-order valence-corrected chi connectivity index (χ0v) is 11.8. The zero-order valence-electron chi connectivity index (χ0n) is 11.8. The van der Waals surface area contributed by atoms with Gasteiger partial charge in [-0.1, -0.05) is 32.9 Å². The molecule has 0 bridgehead atoms. The third-order valence-corrected chi connectivity index (χ3v) is 3.62. The molecular weight excluding hydrogens is 208 g/mol. The summed E-state index contributed by atoms with van der Waals surface area (Å²) in [6.45, 7) is 10.2. The third kappa shape index (κ3) is 4.39. The van der Waals surface area contributed by atoms with Gasteiger partial charge in [0.15, 0.2) is 0 Å². The van der Waals surface area contributed by atoms with Crippen molar-refractivity contribution in [2.45, 2.75) is 40.2 Å². The average molecular weight is 234 g/mol. The van der Waals surface area contributed by atoms with Crippen LogP contribution in [0.15, 0.2) is 24.3 Å². The Morgan fingerprint density at radius 1 is 1.29 bits per heavy atom. The molecule has 0 aliphatic carbocycles. The molecule has 0 aromatic heterocycles. The Bertz CT molecular complexity index is 352. The molecule has 0 spiro atoms. The van der Waals surface area contributed by atoms with Crippen LogP contribution in [-0.4, -0.2) is 24.5 Å². The Balaban J connectivity index is 2.51. The van der Waals surface area contributed by atoms with Crippen molar-refractivity contribution in [3.8, 4) is 0 Å². The van der Waals surface area contributed by atoms with Crippen LogP contribution in [0.5, 0.6) is 0 Å². The van der Waals surface area contributed by atoms with Crippen molar-refractivity contribution in [2.75, 3.05) is 19.3 Å². The van der Waals surface area contributed by atoms with Gasteiger partial charge in [-0.15, -0.1) is 0 Å². The molecule has 0 heterocycles. The van der Waals surface area contributed by atoms with Crippen LogP contribution >= 0.6 is 0 Å². The fourth-order valence-corrected chi connectivity index (χ4v) is 1.91. The molecule has 17 heavy (non-hydrogen) atoms. The Kier molecular flexibility index (Phi) is 4.58. The van der Waals surface area contributed by atoms with Gasteiger partial charge in [0.1, 0.15) is 0 Å². The summed E-state index contributed by atoms with van der Waals surface area (Å²) in [5.41, 5.74) is 8.28. The van der Waals surface area contributed by atoms with Crippen molar-refractivity contribution in [3.05, 3.63) is 29.8 Å². The summed E-state index contributed by atoms with van der Waals surface area (Å²) >= 11 is 0. The molecule has 1 rings (SSSR count). The van der Waals surface area contributed by atoms with Gasteiger partial charge < -0.3 is 10.6 Å². The lowest BCUT2D eigenvalue weighted by Crippen LogP contribution is -2.40. The van der Waals surface area contributed by atoms with Gasteiger partial charge in [-0.05, 0) is 43.5 Å². The van der Waals surface area contributed by atoms with E-state index in [4.69, 9.17) is 5.73 Å². The van der Waals surface area contributed by atoms with Crippen molar-refractivity contribution in [1.82, 2.24) is 4.90 Å². The highest BCUT2D eigenvalue weighted by atomic mass is 15.1. The molecule has 0 radical (unpaired) electrons. The van der Waals surface area contributed by atoms with Crippen molar-refractivity contribution >= 4 is 5.69 Å². The molecule has 0 saturated carbocycles. The number of rotatable bonds is 4. The molecule has 1 unspecified atom stereocenters. The van der Waals surface area contributed by atoms with Gasteiger partial charge in [-0.25, -0.2) is 0 Å². The Hall–Kier alpha value is -1.02. The predicted octanol–water partition coefficient (Wildman–Crippen LogP) is 3.18. The van der Waals surface area contributed by atoms with E-state index in [1.165, 1.54) is 5.56 Å². The SMILES string of the molecule is CC(N(C)CCc1cccc(N)c1)C(C)(C)C. The van der Waals surface area contributed by atoms with Gasteiger partial charge in [-0.2, -0.15) is 0 Å². The van der Waals surface area contributed by atoms with E-state index in [2.05, 4.69) is 51.8 Å². The minimum absolute atomic E-state index is 0.324. The number of nitrogens with two attached hydrogens (primary N) is 1. The number of likely N-dealkylation sites (N-methyl/N-ethyl adjacent to an activating group) is 1. The fourth-order valence-electron chi connectivity index (χ4n) is 1.91. The van der Waals surface area contributed by atoms with E-state index in [0.29, 0.717) is 11.5 Å². The van der Waals surface area contributed by atoms with E-state index in [0.717, 1.165) is 18.7 Å². The second-order valence-corrected chi connectivity index (χ2v) is 6.02. The highest BCUT2D eigenvalue weighted by molar-refractivity contribution is 5.40. The average Bonchev–Trinajstić information content (AvgIpc) is 2.23. The highest BCUT2D eigenvalue weighted by Crippen LogP contribution is 2.23. The second kappa shape index (κ2) is 5.54. The summed E-state index contributed by atoms with van der Waals surface area (Å²) in [4.78, 5) is 2.42. The third-order valence-electron chi connectivity index (χ3n) is 3.62. The standard InChI is InChI=1S/C15H26N2/c1-12(15(2,3)4)17(5)10-9-13-7-6-8-14(16)11-13/h6-8,11-12H,9-10,16H2,1-5H3. The first-order valence-electron chi connectivity index (χ1n) is 6.35. The fraction of sp³-hybridized carbons (Fsp3) is 0.600. The predicted molar refractivity (Wildman–Crippen MR) is 76.1 cm³/mol. The first-order chi connectivity index (χ1) is 7.80. The molecule has 2 nitrogen and oxygen atoms in total. The van der Waals surface area contributed by atoms with Crippen LogP contribution in [0.4, 0.5) is 5.69 Å². The van der Waals surface area contributed by atoms with Gasteiger partial charge in [0, 0.05) is 18.3 Å². The molecule has 1 atom stereocenters. The monoisotopic (exact) mass is 234 g/mol. The van der Waals surface area contributed by atoms with Gasteiger partial charge in [0.05, 0.1) is 0 Å². The van der Waals surface area contributed by atoms with Gasteiger partial charge in [0.25, 0.3) is 0 Å². The van der Waals surface area contributed by atoms with Crippen LogP contribution in [0.1, 0.15) is 33.3 Å². The summed E-state index contributed by atoms with van der Waals surface area (Å²) in [5.74, 6) is 0. The number of nitrogen functional groups attached to an aromatic ring is 1. The van der Waals surface area contributed by atoms with Crippen LogP contribution in [0.3, 0.4) is 0 Å².